The van der Waals surface area contributed by atoms with Crippen LogP contribution in [0, 0.1) is 12.8 Å². The molecular formula is C26H35N7O. The van der Waals surface area contributed by atoms with Crippen molar-refractivity contribution in [2.24, 2.45) is 13.0 Å². The van der Waals surface area contributed by atoms with Crippen molar-refractivity contribution < 1.29 is 4.79 Å². The Morgan fingerprint density at radius 3 is 2.71 bits per heavy atom. The molecule has 34 heavy (non-hydrogen) atoms. The van der Waals surface area contributed by atoms with Gasteiger partial charge in [0.1, 0.15) is 0 Å². The molecule has 8 heteroatoms. The fourth-order valence-electron chi connectivity index (χ4n) is 4.55. The smallest absolute Gasteiger partial charge is 0.319 e. The second-order valence-corrected chi connectivity index (χ2v) is 9.28. The first-order chi connectivity index (χ1) is 16.5. The minimum Gasteiger partial charge on any atom is -0.338 e. The van der Waals surface area contributed by atoms with E-state index in [1.54, 1.807) is 4.68 Å². The second kappa shape index (κ2) is 11.2. The molecular weight excluding hydrogens is 426 g/mol. The van der Waals surface area contributed by atoms with Crippen LogP contribution in [0.5, 0.6) is 0 Å². The van der Waals surface area contributed by atoms with Crippen LogP contribution in [0.4, 0.5) is 10.5 Å². The molecule has 180 valence electrons. The number of anilines is 1. The van der Waals surface area contributed by atoms with Crippen LogP contribution >= 0.6 is 0 Å². The summed E-state index contributed by atoms with van der Waals surface area (Å²) in [6.07, 6.45) is 4.25. The maximum atomic E-state index is 12.7. The molecule has 0 radical (unpaired) electrons. The Balaban J connectivity index is 1.28. The van der Waals surface area contributed by atoms with Crippen molar-refractivity contribution >= 4 is 11.7 Å². The molecule has 2 aromatic carbocycles. The van der Waals surface area contributed by atoms with Crippen LogP contribution in [0.15, 0.2) is 42.5 Å². The average Bonchev–Trinajstić information content (AvgIpc) is 3.28. The number of carbonyl (C=O) groups excluding carboxylic acids is 1. The molecule has 2 heterocycles. The monoisotopic (exact) mass is 461 g/mol. The van der Waals surface area contributed by atoms with Crippen LogP contribution in [0.1, 0.15) is 36.5 Å². The maximum absolute atomic E-state index is 12.7. The molecule has 0 spiro atoms. The zero-order valence-electron chi connectivity index (χ0n) is 20.4. The topological polar surface area (TPSA) is 88.0 Å². The Kier molecular flexibility index (Phi) is 7.90. The number of carbonyl (C=O) groups is 1. The number of likely N-dealkylation sites (tertiary alicyclic amines) is 1. The van der Waals surface area contributed by atoms with E-state index in [1.165, 1.54) is 17.5 Å². The summed E-state index contributed by atoms with van der Waals surface area (Å²) < 4.78 is 1.63. The van der Waals surface area contributed by atoms with E-state index in [0.717, 1.165) is 55.7 Å². The number of nitrogens with zero attached hydrogens (tertiary/aromatic N) is 5. The lowest BCUT2D eigenvalue weighted by atomic mass is 9.97. The normalized spacial score (nSPS) is 16.4. The van der Waals surface area contributed by atoms with Crippen molar-refractivity contribution in [2.75, 3.05) is 31.5 Å². The largest absolute Gasteiger partial charge is 0.338 e. The first-order valence-electron chi connectivity index (χ1n) is 12.2. The number of nitrogens with one attached hydrogen (secondary N) is 2. The van der Waals surface area contributed by atoms with Crippen LogP contribution in [0.25, 0.3) is 11.4 Å². The van der Waals surface area contributed by atoms with Gasteiger partial charge in [0.15, 0.2) is 5.82 Å². The van der Waals surface area contributed by atoms with E-state index in [2.05, 4.69) is 75.2 Å². The van der Waals surface area contributed by atoms with Gasteiger partial charge in [0.05, 0.1) is 0 Å². The third-order valence-electron chi connectivity index (χ3n) is 6.53. The molecule has 3 aromatic rings. The average molecular weight is 462 g/mol. The third kappa shape index (κ3) is 6.41. The van der Waals surface area contributed by atoms with E-state index in [-0.39, 0.29) is 6.03 Å². The van der Waals surface area contributed by atoms with Gasteiger partial charge in [-0.15, -0.1) is 5.10 Å². The van der Waals surface area contributed by atoms with Gasteiger partial charge in [-0.05, 0) is 84.8 Å². The van der Waals surface area contributed by atoms with E-state index in [4.69, 9.17) is 0 Å². The quantitative estimate of drug-likeness (QED) is 0.532. The van der Waals surface area contributed by atoms with E-state index < -0.39 is 0 Å². The van der Waals surface area contributed by atoms with Crippen LogP contribution in [-0.2, 0) is 19.9 Å². The Labute approximate surface area is 201 Å². The van der Waals surface area contributed by atoms with Crippen molar-refractivity contribution in [2.45, 2.75) is 39.5 Å². The highest BCUT2D eigenvalue weighted by Crippen LogP contribution is 2.23. The van der Waals surface area contributed by atoms with Gasteiger partial charge in [-0.25, -0.2) is 9.48 Å². The van der Waals surface area contributed by atoms with E-state index in [0.29, 0.717) is 18.3 Å². The Morgan fingerprint density at radius 2 is 1.97 bits per heavy atom. The van der Waals surface area contributed by atoms with Crippen molar-refractivity contribution in [3.63, 3.8) is 0 Å². The summed E-state index contributed by atoms with van der Waals surface area (Å²) in [7, 11) is 1.81. The van der Waals surface area contributed by atoms with Gasteiger partial charge >= 0.3 is 6.03 Å². The van der Waals surface area contributed by atoms with Crippen molar-refractivity contribution in [3.8, 4) is 11.4 Å². The molecule has 0 saturated carbocycles. The molecule has 4 rings (SSSR count). The predicted molar refractivity (Wildman–Crippen MR) is 135 cm³/mol. The fourth-order valence-corrected chi connectivity index (χ4v) is 4.55. The van der Waals surface area contributed by atoms with Gasteiger partial charge in [-0.2, -0.15) is 0 Å². The first-order valence-corrected chi connectivity index (χ1v) is 12.2. The number of rotatable bonds is 8. The molecule has 1 saturated heterocycles. The van der Waals surface area contributed by atoms with E-state index in [1.807, 2.05) is 19.2 Å². The molecule has 0 unspecified atom stereocenters. The summed E-state index contributed by atoms with van der Waals surface area (Å²) in [4.78, 5) is 15.2. The fraction of sp³-hybridized carbons (Fsp3) is 0.462. The van der Waals surface area contributed by atoms with Crippen LogP contribution in [-0.4, -0.2) is 57.3 Å². The van der Waals surface area contributed by atoms with E-state index in [9.17, 15) is 4.79 Å². The lowest BCUT2D eigenvalue weighted by Gasteiger charge is -2.32. The molecule has 2 amide bonds. The summed E-state index contributed by atoms with van der Waals surface area (Å²) in [5, 5.41) is 17.8. The number of hydrogen-bond donors (Lipinski definition) is 2. The van der Waals surface area contributed by atoms with Crippen LogP contribution in [0.3, 0.4) is 0 Å². The molecule has 1 aliphatic rings. The van der Waals surface area contributed by atoms with Gasteiger partial charge in [-0.3, -0.25) is 0 Å². The minimum atomic E-state index is -0.174. The molecule has 0 bridgehead atoms. The molecule has 1 atom stereocenters. The summed E-state index contributed by atoms with van der Waals surface area (Å²) in [6, 6.07) is 14.6. The Hall–Kier alpha value is -3.26. The van der Waals surface area contributed by atoms with Gasteiger partial charge < -0.3 is 15.5 Å². The van der Waals surface area contributed by atoms with Gasteiger partial charge in [-0.1, -0.05) is 36.8 Å². The van der Waals surface area contributed by atoms with Crippen molar-refractivity contribution in [1.82, 2.24) is 30.4 Å². The SMILES string of the molecule is CCc1cc(NC(=O)NC[C@@H]2CCCN(CCc3ccc(C)cc3)C2)cc(-c2nnnn2C)c1. The van der Waals surface area contributed by atoms with Gasteiger partial charge in [0, 0.05) is 37.9 Å². The van der Waals surface area contributed by atoms with Gasteiger partial charge in [0.2, 0.25) is 0 Å². The highest BCUT2D eigenvalue weighted by molar-refractivity contribution is 5.90. The summed E-state index contributed by atoms with van der Waals surface area (Å²) in [5.41, 5.74) is 5.44. The summed E-state index contributed by atoms with van der Waals surface area (Å²) in [6.45, 7) is 8.12. The summed E-state index contributed by atoms with van der Waals surface area (Å²) >= 11 is 0. The van der Waals surface area contributed by atoms with Crippen molar-refractivity contribution in [1.29, 1.82) is 0 Å². The number of urea groups is 1. The number of benzene rings is 2. The molecule has 8 nitrogen and oxygen atoms in total. The lowest BCUT2D eigenvalue weighted by Crippen LogP contribution is -2.42. The lowest BCUT2D eigenvalue weighted by molar-refractivity contribution is 0.174. The molecule has 2 N–H and O–H groups in total. The minimum absolute atomic E-state index is 0.174. The third-order valence-corrected chi connectivity index (χ3v) is 6.53. The van der Waals surface area contributed by atoms with Gasteiger partial charge in [0.25, 0.3) is 0 Å². The van der Waals surface area contributed by atoms with Crippen molar-refractivity contribution in [3.05, 3.63) is 59.2 Å². The highest BCUT2D eigenvalue weighted by atomic mass is 16.2. The molecule has 0 aliphatic carbocycles. The number of hydrogen-bond acceptors (Lipinski definition) is 5. The van der Waals surface area contributed by atoms with E-state index >= 15 is 0 Å². The predicted octanol–water partition coefficient (Wildman–Crippen LogP) is 3.82. The molecule has 1 aliphatic heterocycles. The Morgan fingerprint density at radius 1 is 1.15 bits per heavy atom. The van der Waals surface area contributed by atoms with Crippen LogP contribution in [0.2, 0.25) is 0 Å². The summed E-state index contributed by atoms with van der Waals surface area (Å²) in [5.74, 6) is 1.14. The zero-order valence-corrected chi connectivity index (χ0v) is 20.4. The number of aromatic nitrogens is 4. The Bertz CT molecular complexity index is 1090. The first kappa shape index (κ1) is 23.9. The molecule has 1 fully saturated rings. The number of tetrazole rings is 1. The maximum Gasteiger partial charge on any atom is 0.319 e. The second-order valence-electron chi connectivity index (χ2n) is 9.28. The van der Waals surface area contributed by atoms with Crippen LogP contribution < -0.4 is 10.6 Å². The number of aryl methyl sites for hydroxylation is 3. The number of piperidine rings is 1. The zero-order chi connectivity index (χ0) is 23.9. The standard InChI is InChI=1S/C26H35N7O/c1-4-20-14-23(25-29-30-31-32(25)3)16-24(15-20)28-26(34)27-17-22-6-5-12-33(18-22)13-11-21-9-7-19(2)8-10-21/h7-10,14-16,22H,4-6,11-13,17-18H2,1-3H3,(H2,27,28,34)/t22-/m0/s1. The number of amides is 2. The highest BCUT2D eigenvalue weighted by Gasteiger charge is 2.20. The molecule has 1 aromatic heterocycles.